The number of amides is 1. The van der Waals surface area contributed by atoms with Crippen molar-refractivity contribution in [3.8, 4) is 0 Å². The van der Waals surface area contributed by atoms with Crippen LogP contribution in [-0.2, 0) is 20.7 Å². The Bertz CT molecular complexity index is 1110. The maximum atomic E-state index is 13.5. The second-order valence-electron chi connectivity index (χ2n) is 12.6. The van der Waals surface area contributed by atoms with Crippen molar-refractivity contribution in [2.75, 3.05) is 0 Å². The molecule has 0 radical (unpaired) electrons. The van der Waals surface area contributed by atoms with Gasteiger partial charge in [0.1, 0.15) is 11.7 Å². The van der Waals surface area contributed by atoms with Crippen molar-refractivity contribution in [3.05, 3.63) is 59.5 Å². The highest BCUT2D eigenvalue weighted by Gasteiger charge is 2.54. The van der Waals surface area contributed by atoms with E-state index in [1.807, 2.05) is 6.92 Å². The van der Waals surface area contributed by atoms with Gasteiger partial charge in [-0.25, -0.2) is 9.59 Å². The van der Waals surface area contributed by atoms with Crippen molar-refractivity contribution in [3.63, 3.8) is 0 Å². The molecule has 8 nitrogen and oxygen atoms in total. The van der Waals surface area contributed by atoms with Crippen LogP contribution in [0.2, 0.25) is 0 Å². The summed E-state index contributed by atoms with van der Waals surface area (Å²) in [7, 11) is 0. The van der Waals surface area contributed by atoms with Crippen LogP contribution in [0.5, 0.6) is 0 Å². The van der Waals surface area contributed by atoms with E-state index in [2.05, 4.69) is 19.2 Å². The van der Waals surface area contributed by atoms with Crippen molar-refractivity contribution in [1.29, 1.82) is 0 Å². The fourth-order valence-corrected chi connectivity index (χ4v) is 6.00. The van der Waals surface area contributed by atoms with Crippen LogP contribution in [0.4, 0.5) is 4.79 Å². The average molecular weight is 514 g/mol. The normalized spacial score (nSPS) is 28.3. The van der Waals surface area contributed by atoms with Gasteiger partial charge in [0.05, 0.1) is 24.2 Å². The van der Waals surface area contributed by atoms with Crippen LogP contribution in [-0.4, -0.2) is 39.6 Å². The van der Waals surface area contributed by atoms with Gasteiger partial charge in [-0.3, -0.25) is 0 Å². The lowest BCUT2D eigenvalue weighted by atomic mass is 9.78. The molecule has 1 heterocycles. The quantitative estimate of drug-likeness (QED) is 0.489. The van der Waals surface area contributed by atoms with Gasteiger partial charge < -0.3 is 29.4 Å². The summed E-state index contributed by atoms with van der Waals surface area (Å²) in [5, 5.41) is 25.3. The summed E-state index contributed by atoms with van der Waals surface area (Å²) in [6.07, 6.45) is 1.92. The fraction of sp³-hybridized carbons (Fsp3) is 0.586. The van der Waals surface area contributed by atoms with Gasteiger partial charge in [0, 0.05) is 23.5 Å². The summed E-state index contributed by atoms with van der Waals surface area (Å²) in [4.78, 5) is 26.1. The van der Waals surface area contributed by atoms with Crippen LogP contribution >= 0.6 is 0 Å². The average Bonchev–Trinajstić information content (AvgIpc) is 3.36. The largest absolute Gasteiger partial charge is 0.472 e. The summed E-state index contributed by atoms with van der Waals surface area (Å²) in [6.45, 7) is 11.3. The molecule has 6 atom stereocenters. The third-order valence-corrected chi connectivity index (χ3v) is 7.53. The Morgan fingerprint density at radius 1 is 1.11 bits per heavy atom. The number of hydrogen-bond donors (Lipinski definition) is 3. The lowest BCUT2D eigenvalue weighted by Crippen LogP contribution is -2.44. The molecular weight excluding hydrogens is 474 g/mol. The SMILES string of the molecule is CC1(C)C[C@H]2[C@@H](OC(=O)[C@H](O)[C@@H](NC(=O)OC(C)(C)C)c3ccccc3)c3cocc3C[C@](C)(O)[C@H]2C1. The number of carbonyl (C=O) groups is 2. The third kappa shape index (κ3) is 6.02. The summed E-state index contributed by atoms with van der Waals surface area (Å²) in [5.41, 5.74) is 0.232. The lowest BCUT2D eigenvalue weighted by molar-refractivity contribution is -0.166. The van der Waals surface area contributed by atoms with Gasteiger partial charge in [-0.2, -0.15) is 0 Å². The van der Waals surface area contributed by atoms with Crippen LogP contribution in [0.25, 0.3) is 0 Å². The fourth-order valence-electron chi connectivity index (χ4n) is 6.00. The Kier molecular flexibility index (Phi) is 7.20. The van der Waals surface area contributed by atoms with E-state index in [-0.39, 0.29) is 17.3 Å². The number of furan rings is 1. The third-order valence-electron chi connectivity index (χ3n) is 7.53. The predicted molar refractivity (Wildman–Crippen MR) is 136 cm³/mol. The molecular formula is C29H39NO7. The van der Waals surface area contributed by atoms with E-state index in [1.165, 1.54) is 0 Å². The molecule has 1 aromatic heterocycles. The van der Waals surface area contributed by atoms with Crippen LogP contribution in [0.1, 0.15) is 83.2 Å². The van der Waals surface area contributed by atoms with Crippen molar-refractivity contribution < 1.29 is 33.7 Å². The molecule has 2 aliphatic carbocycles. The minimum Gasteiger partial charge on any atom is -0.472 e. The summed E-state index contributed by atoms with van der Waals surface area (Å²) in [5.74, 6) is -1.13. The van der Waals surface area contributed by atoms with Crippen molar-refractivity contribution in [2.24, 2.45) is 17.3 Å². The molecule has 0 spiro atoms. The first kappa shape index (κ1) is 27.2. The molecule has 8 heteroatoms. The molecule has 0 aliphatic heterocycles. The zero-order valence-electron chi connectivity index (χ0n) is 22.5. The molecule has 0 bridgehead atoms. The zero-order valence-corrected chi connectivity index (χ0v) is 22.5. The highest BCUT2D eigenvalue weighted by molar-refractivity contribution is 5.78. The second-order valence-corrected chi connectivity index (χ2v) is 12.6. The summed E-state index contributed by atoms with van der Waals surface area (Å²) < 4.78 is 16.9. The minimum absolute atomic E-state index is 0.0469. The molecule has 1 aromatic carbocycles. The predicted octanol–water partition coefficient (Wildman–Crippen LogP) is 4.85. The monoisotopic (exact) mass is 513 g/mol. The van der Waals surface area contributed by atoms with Crippen LogP contribution in [0.3, 0.4) is 0 Å². The van der Waals surface area contributed by atoms with E-state index < -0.39 is 41.5 Å². The summed E-state index contributed by atoms with van der Waals surface area (Å²) >= 11 is 0. The first-order valence-corrected chi connectivity index (χ1v) is 12.9. The Morgan fingerprint density at radius 2 is 1.78 bits per heavy atom. The number of nitrogens with one attached hydrogen (secondary N) is 1. The van der Waals surface area contributed by atoms with E-state index in [4.69, 9.17) is 13.9 Å². The molecule has 2 aromatic rings. The minimum atomic E-state index is -1.69. The van der Waals surface area contributed by atoms with Crippen molar-refractivity contribution in [1.82, 2.24) is 5.32 Å². The van der Waals surface area contributed by atoms with Gasteiger partial charge in [0.15, 0.2) is 6.10 Å². The number of carbonyl (C=O) groups excluding carboxylic acids is 2. The molecule has 202 valence electrons. The molecule has 37 heavy (non-hydrogen) atoms. The van der Waals surface area contributed by atoms with Gasteiger partial charge in [-0.05, 0) is 57.4 Å². The van der Waals surface area contributed by atoms with E-state index in [0.29, 0.717) is 17.5 Å². The van der Waals surface area contributed by atoms with Crippen molar-refractivity contribution >= 4 is 12.1 Å². The second kappa shape index (κ2) is 9.80. The van der Waals surface area contributed by atoms with Crippen LogP contribution in [0, 0.1) is 17.3 Å². The highest BCUT2D eigenvalue weighted by Crippen LogP contribution is 2.57. The van der Waals surface area contributed by atoms with Gasteiger partial charge in [-0.15, -0.1) is 0 Å². The number of hydrogen-bond acceptors (Lipinski definition) is 7. The highest BCUT2D eigenvalue weighted by atomic mass is 16.6. The molecule has 2 aliphatic rings. The number of rotatable bonds is 5. The number of benzene rings is 1. The first-order valence-electron chi connectivity index (χ1n) is 12.9. The topological polar surface area (TPSA) is 118 Å². The van der Waals surface area contributed by atoms with Crippen LogP contribution < -0.4 is 5.32 Å². The smallest absolute Gasteiger partial charge is 0.408 e. The van der Waals surface area contributed by atoms with E-state index in [9.17, 15) is 19.8 Å². The Hall–Kier alpha value is -2.84. The maximum Gasteiger partial charge on any atom is 0.408 e. The maximum absolute atomic E-state index is 13.5. The molecule has 0 saturated heterocycles. The Labute approximate surface area is 218 Å². The van der Waals surface area contributed by atoms with Gasteiger partial charge in [0.2, 0.25) is 0 Å². The number of aliphatic hydroxyl groups is 2. The molecule has 0 unspecified atom stereocenters. The Balaban J connectivity index is 1.62. The standard InChI is InChI=1S/C29H39NO7/c1-27(2,3)37-26(33)30-22(17-10-8-7-9-11-17)23(31)25(32)36-24-19-13-28(4,5)14-21(19)29(6,34)12-18-15-35-16-20(18)24/h7-11,15-16,19,21-24,31,34H,12-14H2,1-6H3,(H,30,33)/t19-,21+,22+,23-,24-,29+/m1/s1. The van der Waals surface area contributed by atoms with E-state index in [0.717, 1.165) is 18.4 Å². The number of ether oxygens (including phenoxy) is 2. The number of alkyl carbamates (subject to hydrolysis) is 1. The van der Waals surface area contributed by atoms with E-state index in [1.54, 1.807) is 63.6 Å². The first-order chi connectivity index (χ1) is 17.2. The van der Waals surface area contributed by atoms with Gasteiger partial charge in [0.25, 0.3) is 0 Å². The zero-order chi connectivity index (χ0) is 27.2. The van der Waals surface area contributed by atoms with E-state index >= 15 is 0 Å². The van der Waals surface area contributed by atoms with Gasteiger partial charge >= 0.3 is 12.1 Å². The number of aliphatic hydroxyl groups excluding tert-OH is 1. The molecule has 3 N–H and O–H groups in total. The molecule has 4 rings (SSSR count). The molecule has 1 saturated carbocycles. The van der Waals surface area contributed by atoms with Crippen LogP contribution in [0.15, 0.2) is 47.3 Å². The van der Waals surface area contributed by atoms with Crippen molar-refractivity contribution in [2.45, 2.75) is 90.3 Å². The lowest BCUT2D eigenvalue weighted by Gasteiger charge is -2.34. The summed E-state index contributed by atoms with van der Waals surface area (Å²) in [6, 6.07) is 7.66. The number of esters is 1. The number of fused-ring (bicyclic) bond motifs is 2. The molecule has 1 fully saturated rings. The Morgan fingerprint density at radius 3 is 2.43 bits per heavy atom. The molecule has 1 amide bonds. The van der Waals surface area contributed by atoms with Gasteiger partial charge in [-0.1, -0.05) is 44.2 Å².